The van der Waals surface area contributed by atoms with Crippen molar-refractivity contribution in [2.75, 3.05) is 6.54 Å². The van der Waals surface area contributed by atoms with Gasteiger partial charge in [-0.15, -0.1) is 0 Å². The van der Waals surface area contributed by atoms with Crippen LogP contribution in [0.2, 0.25) is 0 Å². The zero-order chi connectivity index (χ0) is 17.4. The van der Waals surface area contributed by atoms with E-state index in [9.17, 15) is 27.2 Å². The summed E-state index contributed by atoms with van der Waals surface area (Å²) in [6.07, 6.45) is -2.83. The van der Waals surface area contributed by atoms with Gasteiger partial charge >= 0.3 is 12.1 Å². The summed E-state index contributed by atoms with van der Waals surface area (Å²) in [5, 5.41) is 8.89. The van der Waals surface area contributed by atoms with Crippen LogP contribution in [-0.2, 0) is 11.0 Å². The van der Waals surface area contributed by atoms with Crippen molar-refractivity contribution in [3.63, 3.8) is 0 Å². The minimum Gasteiger partial charge on any atom is -0.480 e. The molecule has 9 heteroatoms. The molecule has 1 amide bonds. The Kier molecular flexibility index (Phi) is 4.98. The standard InChI is InChI=1S/C14H12BrF4NO3/c15-11-8(4-5-9(12(11)16)14(17,18)19)13(23)20(6-10(21)22)7-2-1-3-7/h4-5,7H,1-3,6H2,(H,21,22). The Hall–Kier alpha value is -1.64. The quantitative estimate of drug-likeness (QED) is 0.788. The van der Waals surface area contributed by atoms with E-state index >= 15 is 0 Å². The van der Waals surface area contributed by atoms with Gasteiger partial charge in [-0.25, -0.2) is 4.39 Å². The van der Waals surface area contributed by atoms with Gasteiger partial charge in [-0.1, -0.05) is 0 Å². The lowest BCUT2D eigenvalue weighted by molar-refractivity contribution is -0.140. The van der Waals surface area contributed by atoms with E-state index in [1.54, 1.807) is 0 Å². The van der Waals surface area contributed by atoms with E-state index in [-0.39, 0.29) is 11.6 Å². The topological polar surface area (TPSA) is 57.6 Å². The van der Waals surface area contributed by atoms with Gasteiger partial charge in [0.15, 0.2) is 0 Å². The van der Waals surface area contributed by atoms with E-state index in [0.717, 1.165) is 17.4 Å². The zero-order valence-corrected chi connectivity index (χ0v) is 13.2. The van der Waals surface area contributed by atoms with Gasteiger partial charge in [0.05, 0.1) is 15.6 Å². The summed E-state index contributed by atoms with van der Waals surface area (Å²) < 4.78 is 51.2. The Balaban J connectivity index is 2.37. The molecule has 0 spiro atoms. The average Bonchev–Trinajstić information content (AvgIpc) is 2.36. The second-order valence-corrected chi connectivity index (χ2v) is 5.99. The van der Waals surface area contributed by atoms with Crippen molar-refractivity contribution < 1.29 is 32.3 Å². The van der Waals surface area contributed by atoms with Crippen LogP contribution in [0.25, 0.3) is 0 Å². The third kappa shape index (κ3) is 3.65. The second-order valence-electron chi connectivity index (χ2n) is 5.20. The summed E-state index contributed by atoms with van der Waals surface area (Å²) in [5.74, 6) is -3.64. The molecule has 126 valence electrons. The number of nitrogens with zero attached hydrogens (tertiary/aromatic N) is 1. The normalized spacial score (nSPS) is 15.2. The fourth-order valence-electron chi connectivity index (χ4n) is 2.30. The van der Waals surface area contributed by atoms with Crippen molar-refractivity contribution in [3.8, 4) is 0 Å². The highest BCUT2D eigenvalue weighted by Gasteiger charge is 2.37. The monoisotopic (exact) mass is 397 g/mol. The number of carboxylic acid groups (broad SMARTS) is 1. The van der Waals surface area contributed by atoms with Crippen molar-refractivity contribution in [1.29, 1.82) is 0 Å². The highest BCUT2D eigenvalue weighted by Crippen LogP contribution is 2.36. The Bertz CT molecular complexity index is 644. The lowest BCUT2D eigenvalue weighted by atomic mass is 9.91. The number of alkyl halides is 3. The number of hydrogen-bond acceptors (Lipinski definition) is 2. The van der Waals surface area contributed by atoms with Crippen molar-refractivity contribution in [2.45, 2.75) is 31.5 Å². The van der Waals surface area contributed by atoms with Crippen LogP contribution in [0.1, 0.15) is 35.2 Å². The van der Waals surface area contributed by atoms with Crippen LogP contribution in [0.15, 0.2) is 16.6 Å². The summed E-state index contributed by atoms with van der Waals surface area (Å²) in [4.78, 5) is 24.4. The molecular weight excluding hydrogens is 386 g/mol. The van der Waals surface area contributed by atoms with E-state index in [1.165, 1.54) is 0 Å². The molecule has 0 saturated heterocycles. The molecule has 0 radical (unpaired) electrons. The molecule has 1 N–H and O–H groups in total. The first-order valence-electron chi connectivity index (χ1n) is 6.71. The van der Waals surface area contributed by atoms with E-state index in [0.29, 0.717) is 18.9 Å². The van der Waals surface area contributed by atoms with Gasteiger partial charge in [0, 0.05) is 6.04 Å². The maximum Gasteiger partial charge on any atom is 0.419 e. The molecule has 23 heavy (non-hydrogen) atoms. The number of carboxylic acids is 1. The molecule has 0 atom stereocenters. The van der Waals surface area contributed by atoms with Crippen LogP contribution < -0.4 is 0 Å². The van der Waals surface area contributed by atoms with Gasteiger partial charge in [0.2, 0.25) is 0 Å². The Morgan fingerprint density at radius 1 is 1.30 bits per heavy atom. The molecule has 2 rings (SSSR count). The summed E-state index contributed by atoms with van der Waals surface area (Å²) in [5.41, 5.74) is -1.82. The highest BCUT2D eigenvalue weighted by molar-refractivity contribution is 9.10. The number of benzene rings is 1. The second kappa shape index (κ2) is 6.46. The summed E-state index contributed by atoms with van der Waals surface area (Å²) in [7, 11) is 0. The summed E-state index contributed by atoms with van der Waals surface area (Å²) in [6.45, 7) is -0.585. The molecule has 4 nitrogen and oxygen atoms in total. The number of amides is 1. The van der Waals surface area contributed by atoms with E-state index in [1.807, 2.05) is 0 Å². The molecule has 0 heterocycles. The minimum absolute atomic E-state index is 0.296. The van der Waals surface area contributed by atoms with Crippen molar-refractivity contribution >= 4 is 27.8 Å². The maximum absolute atomic E-state index is 13.9. The van der Waals surface area contributed by atoms with Crippen molar-refractivity contribution in [1.82, 2.24) is 4.90 Å². The van der Waals surface area contributed by atoms with Gasteiger partial charge in [-0.3, -0.25) is 9.59 Å². The largest absolute Gasteiger partial charge is 0.480 e. The molecule has 0 unspecified atom stereocenters. The molecule has 0 aliphatic heterocycles. The molecule has 1 fully saturated rings. The van der Waals surface area contributed by atoms with Crippen molar-refractivity contribution in [3.05, 3.63) is 33.5 Å². The van der Waals surface area contributed by atoms with E-state index < -0.39 is 40.5 Å². The van der Waals surface area contributed by atoms with Crippen LogP contribution >= 0.6 is 15.9 Å². The number of halogens is 5. The average molecular weight is 398 g/mol. The van der Waals surface area contributed by atoms with Gasteiger partial charge < -0.3 is 10.0 Å². The molecule has 0 aromatic heterocycles. The lowest BCUT2D eigenvalue weighted by Crippen LogP contribution is -2.47. The lowest BCUT2D eigenvalue weighted by Gasteiger charge is -2.36. The molecule has 1 aliphatic carbocycles. The predicted molar refractivity (Wildman–Crippen MR) is 75.4 cm³/mol. The molecule has 1 aromatic rings. The van der Waals surface area contributed by atoms with Gasteiger partial charge in [-0.2, -0.15) is 13.2 Å². The number of rotatable bonds is 4. The fraction of sp³-hybridized carbons (Fsp3) is 0.429. The van der Waals surface area contributed by atoms with Crippen LogP contribution in [-0.4, -0.2) is 34.5 Å². The zero-order valence-electron chi connectivity index (χ0n) is 11.7. The Morgan fingerprint density at radius 2 is 1.91 bits per heavy atom. The smallest absolute Gasteiger partial charge is 0.419 e. The van der Waals surface area contributed by atoms with Crippen LogP contribution in [0.4, 0.5) is 17.6 Å². The minimum atomic E-state index is -4.89. The molecule has 0 bridgehead atoms. The van der Waals surface area contributed by atoms with Crippen LogP contribution in [0.5, 0.6) is 0 Å². The fourth-order valence-corrected chi connectivity index (χ4v) is 2.81. The molecule has 1 aromatic carbocycles. The van der Waals surface area contributed by atoms with E-state index in [2.05, 4.69) is 15.9 Å². The highest BCUT2D eigenvalue weighted by atomic mass is 79.9. The van der Waals surface area contributed by atoms with E-state index in [4.69, 9.17) is 5.11 Å². The summed E-state index contributed by atoms with van der Waals surface area (Å²) in [6, 6.07) is 1.04. The Morgan fingerprint density at radius 3 is 2.35 bits per heavy atom. The van der Waals surface area contributed by atoms with Gasteiger partial charge in [0.1, 0.15) is 12.4 Å². The number of carbonyl (C=O) groups excluding carboxylic acids is 1. The van der Waals surface area contributed by atoms with Gasteiger partial charge in [-0.05, 0) is 47.3 Å². The third-order valence-corrected chi connectivity index (χ3v) is 4.48. The van der Waals surface area contributed by atoms with Crippen LogP contribution in [0, 0.1) is 5.82 Å². The maximum atomic E-state index is 13.9. The number of aliphatic carboxylic acids is 1. The molecule has 1 aliphatic rings. The SMILES string of the molecule is O=C(O)CN(C(=O)c1ccc(C(F)(F)F)c(F)c1Br)C1CCC1. The molecule has 1 saturated carbocycles. The summed E-state index contributed by atoms with van der Waals surface area (Å²) >= 11 is 2.68. The van der Waals surface area contributed by atoms with Crippen LogP contribution in [0.3, 0.4) is 0 Å². The number of hydrogen-bond donors (Lipinski definition) is 1. The third-order valence-electron chi connectivity index (χ3n) is 3.70. The first kappa shape index (κ1) is 17.7. The van der Waals surface area contributed by atoms with Gasteiger partial charge in [0.25, 0.3) is 5.91 Å². The number of carbonyl (C=O) groups is 2. The first-order valence-corrected chi connectivity index (χ1v) is 7.50. The van der Waals surface area contributed by atoms with Crippen molar-refractivity contribution in [2.24, 2.45) is 0 Å². The Labute approximate surface area is 137 Å². The molecular formula is C14H12BrF4NO3. The predicted octanol–water partition coefficient (Wildman–Crippen LogP) is 3.69. The first-order chi connectivity index (χ1) is 10.6.